The van der Waals surface area contributed by atoms with Gasteiger partial charge >= 0.3 is 5.97 Å². The fourth-order valence-electron chi connectivity index (χ4n) is 2.57. The molecule has 1 atom stereocenters. The van der Waals surface area contributed by atoms with Crippen LogP contribution < -0.4 is 10.1 Å². The summed E-state index contributed by atoms with van der Waals surface area (Å²) in [7, 11) is 1.34. The van der Waals surface area contributed by atoms with Gasteiger partial charge in [0, 0.05) is 6.54 Å². The molecule has 0 saturated carbocycles. The van der Waals surface area contributed by atoms with Gasteiger partial charge in [-0.05, 0) is 31.0 Å². The summed E-state index contributed by atoms with van der Waals surface area (Å²) in [6, 6.07) is 11.6. The minimum Gasteiger partial charge on any atom is -0.496 e. The van der Waals surface area contributed by atoms with Crippen molar-refractivity contribution in [3.05, 3.63) is 65.0 Å². The summed E-state index contributed by atoms with van der Waals surface area (Å²) in [6.45, 7) is 1.81. The number of hydrogen-bond acceptors (Lipinski definition) is 3. The van der Waals surface area contributed by atoms with E-state index in [0.717, 1.165) is 17.2 Å². The second-order valence-electron chi connectivity index (χ2n) is 5.76. The molecule has 1 amide bonds. The second-order valence-corrected chi connectivity index (χ2v) is 5.76. The molecule has 132 valence electrons. The number of amides is 1. The summed E-state index contributed by atoms with van der Waals surface area (Å²) in [5.74, 6) is -3.17. The second kappa shape index (κ2) is 8.28. The highest BCUT2D eigenvalue weighted by atomic mass is 19.1. The van der Waals surface area contributed by atoms with Crippen molar-refractivity contribution < 1.29 is 23.8 Å². The Morgan fingerprint density at radius 3 is 2.60 bits per heavy atom. The van der Waals surface area contributed by atoms with Crippen LogP contribution in [0.3, 0.4) is 0 Å². The number of carboxylic acids is 1. The smallest absolute Gasteiger partial charge is 0.308 e. The molecule has 2 rings (SSSR count). The van der Waals surface area contributed by atoms with Gasteiger partial charge in [0.1, 0.15) is 17.1 Å². The maximum atomic E-state index is 13.9. The molecule has 25 heavy (non-hydrogen) atoms. The summed E-state index contributed by atoms with van der Waals surface area (Å²) in [5, 5.41) is 11.9. The summed E-state index contributed by atoms with van der Waals surface area (Å²) >= 11 is 0. The highest BCUT2D eigenvalue weighted by Gasteiger charge is 2.22. The highest BCUT2D eigenvalue weighted by molar-refractivity contribution is 5.97. The quantitative estimate of drug-likeness (QED) is 0.809. The van der Waals surface area contributed by atoms with E-state index in [2.05, 4.69) is 5.32 Å². The first-order chi connectivity index (χ1) is 11.9. The Labute approximate surface area is 145 Å². The maximum Gasteiger partial charge on any atom is 0.308 e. The molecule has 2 aromatic carbocycles. The van der Waals surface area contributed by atoms with Crippen molar-refractivity contribution in [2.45, 2.75) is 13.3 Å². The molecule has 1 unspecified atom stereocenters. The topological polar surface area (TPSA) is 75.6 Å². The summed E-state index contributed by atoms with van der Waals surface area (Å²) in [5.41, 5.74) is 1.66. The van der Waals surface area contributed by atoms with Crippen LogP contribution in [0.1, 0.15) is 21.5 Å². The zero-order chi connectivity index (χ0) is 18.4. The highest BCUT2D eigenvalue weighted by Crippen LogP contribution is 2.21. The molecule has 6 heteroatoms. The summed E-state index contributed by atoms with van der Waals surface area (Å²) in [6.07, 6.45) is 0.270. The van der Waals surface area contributed by atoms with Crippen molar-refractivity contribution in [2.75, 3.05) is 13.7 Å². The van der Waals surface area contributed by atoms with Crippen LogP contribution in [0.15, 0.2) is 42.5 Å². The summed E-state index contributed by atoms with van der Waals surface area (Å²) in [4.78, 5) is 23.7. The lowest BCUT2D eigenvalue weighted by Crippen LogP contribution is -2.34. The van der Waals surface area contributed by atoms with E-state index in [4.69, 9.17) is 4.74 Å². The third kappa shape index (κ3) is 4.79. The Morgan fingerprint density at radius 2 is 1.96 bits per heavy atom. The number of methoxy groups -OCH3 is 1. The van der Waals surface area contributed by atoms with E-state index in [1.807, 2.05) is 31.2 Å². The van der Waals surface area contributed by atoms with Gasteiger partial charge < -0.3 is 15.2 Å². The van der Waals surface area contributed by atoms with Crippen molar-refractivity contribution >= 4 is 11.9 Å². The fraction of sp³-hybridized carbons (Fsp3) is 0.263. The van der Waals surface area contributed by atoms with Gasteiger partial charge in [0.25, 0.3) is 5.91 Å². The molecule has 0 aliphatic heterocycles. The first-order valence-corrected chi connectivity index (χ1v) is 7.81. The van der Waals surface area contributed by atoms with Gasteiger partial charge in [-0.1, -0.05) is 35.9 Å². The summed E-state index contributed by atoms with van der Waals surface area (Å²) < 4.78 is 18.9. The van der Waals surface area contributed by atoms with Gasteiger partial charge in [-0.25, -0.2) is 4.39 Å². The number of benzene rings is 2. The van der Waals surface area contributed by atoms with Gasteiger partial charge in [0.15, 0.2) is 0 Å². The van der Waals surface area contributed by atoms with E-state index < -0.39 is 23.6 Å². The number of ether oxygens (including phenoxy) is 1. The van der Waals surface area contributed by atoms with Crippen LogP contribution in [0, 0.1) is 18.7 Å². The van der Waals surface area contributed by atoms with E-state index in [1.54, 1.807) is 0 Å². The molecule has 0 bridgehead atoms. The van der Waals surface area contributed by atoms with Crippen molar-refractivity contribution in [3.63, 3.8) is 0 Å². The molecular weight excluding hydrogens is 325 g/mol. The molecular formula is C19H20FNO4. The van der Waals surface area contributed by atoms with Crippen molar-refractivity contribution in [3.8, 4) is 5.75 Å². The number of aryl methyl sites for hydroxylation is 1. The van der Waals surface area contributed by atoms with E-state index in [-0.39, 0.29) is 24.3 Å². The Morgan fingerprint density at radius 1 is 1.24 bits per heavy atom. The molecule has 5 nitrogen and oxygen atoms in total. The number of hydrogen-bond donors (Lipinski definition) is 2. The minimum absolute atomic E-state index is 0.100. The Hall–Kier alpha value is -2.89. The molecule has 2 aromatic rings. The van der Waals surface area contributed by atoms with E-state index in [9.17, 15) is 19.1 Å². The third-order valence-electron chi connectivity index (χ3n) is 3.85. The molecule has 0 spiro atoms. The van der Waals surface area contributed by atoms with Crippen LogP contribution in [0.5, 0.6) is 5.75 Å². The van der Waals surface area contributed by atoms with E-state index in [1.165, 1.54) is 19.2 Å². The van der Waals surface area contributed by atoms with Crippen LogP contribution >= 0.6 is 0 Å². The number of carbonyl (C=O) groups is 2. The van der Waals surface area contributed by atoms with Gasteiger partial charge in [-0.15, -0.1) is 0 Å². The van der Waals surface area contributed by atoms with E-state index in [0.29, 0.717) is 0 Å². The zero-order valence-electron chi connectivity index (χ0n) is 14.1. The van der Waals surface area contributed by atoms with Gasteiger partial charge in [-0.2, -0.15) is 0 Å². The van der Waals surface area contributed by atoms with Crippen LogP contribution in [0.2, 0.25) is 0 Å². The molecule has 0 aliphatic carbocycles. The van der Waals surface area contributed by atoms with Crippen LogP contribution in [-0.4, -0.2) is 30.6 Å². The number of halogens is 1. The number of carboxylic acid groups (broad SMARTS) is 1. The minimum atomic E-state index is -1.03. The number of rotatable bonds is 7. The number of aliphatic carboxylic acids is 1. The Bertz CT molecular complexity index is 776. The Balaban J connectivity index is 2.09. The standard InChI is InChI=1S/C19H20FNO4/c1-12-5-3-6-13(9-12)10-14(19(23)24)11-21-18(22)17-15(20)7-4-8-16(17)25-2/h3-9,14H,10-11H2,1-2H3,(H,21,22)(H,23,24). The molecule has 0 fully saturated rings. The third-order valence-corrected chi connectivity index (χ3v) is 3.85. The van der Waals surface area contributed by atoms with Crippen molar-refractivity contribution in [1.29, 1.82) is 0 Å². The zero-order valence-corrected chi connectivity index (χ0v) is 14.1. The maximum absolute atomic E-state index is 13.9. The van der Waals surface area contributed by atoms with Crippen LogP contribution in [0.25, 0.3) is 0 Å². The first-order valence-electron chi connectivity index (χ1n) is 7.81. The van der Waals surface area contributed by atoms with Crippen molar-refractivity contribution in [1.82, 2.24) is 5.32 Å². The van der Waals surface area contributed by atoms with Crippen LogP contribution in [0.4, 0.5) is 4.39 Å². The van der Waals surface area contributed by atoms with Gasteiger partial charge in [0.2, 0.25) is 0 Å². The first kappa shape index (κ1) is 18.4. The molecule has 0 saturated heterocycles. The molecule has 0 heterocycles. The largest absolute Gasteiger partial charge is 0.496 e. The predicted molar refractivity (Wildman–Crippen MR) is 91.3 cm³/mol. The normalized spacial score (nSPS) is 11.6. The molecule has 2 N–H and O–H groups in total. The number of carbonyl (C=O) groups excluding carboxylic acids is 1. The molecule has 0 aliphatic rings. The average Bonchev–Trinajstić information content (AvgIpc) is 2.57. The van der Waals surface area contributed by atoms with Crippen molar-refractivity contribution in [2.24, 2.45) is 5.92 Å². The molecule has 0 aromatic heterocycles. The lowest BCUT2D eigenvalue weighted by atomic mass is 9.98. The van der Waals surface area contributed by atoms with Gasteiger partial charge in [0.05, 0.1) is 13.0 Å². The fourth-order valence-corrected chi connectivity index (χ4v) is 2.57. The van der Waals surface area contributed by atoms with Gasteiger partial charge in [-0.3, -0.25) is 9.59 Å². The average molecular weight is 345 g/mol. The van der Waals surface area contributed by atoms with Crippen LogP contribution in [-0.2, 0) is 11.2 Å². The lowest BCUT2D eigenvalue weighted by Gasteiger charge is -2.15. The van der Waals surface area contributed by atoms with E-state index >= 15 is 0 Å². The lowest BCUT2D eigenvalue weighted by molar-refractivity contribution is -0.141. The predicted octanol–water partition coefficient (Wildman–Crippen LogP) is 2.82. The number of nitrogens with one attached hydrogen (secondary N) is 1. The monoisotopic (exact) mass is 345 g/mol. The SMILES string of the molecule is COc1cccc(F)c1C(=O)NCC(Cc1cccc(C)c1)C(=O)O. The Kier molecular flexibility index (Phi) is 6.11. The molecule has 0 radical (unpaired) electrons.